The zero-order valence-corrected chi connectivity index (χ0v) is 17.9. The average molecular weight is 488 g/mol. The maximum atomic E-state index is 14.4. The summed E-state index contributed by atoms with van der Waals surface area (Å²) >= 11 is 0. The molecule has 6 nitrogen and oxygen atoms in total. The van der Waals surface area contributed by atoms with Crippen molar-refractivity contribution >= 4 is 11.7 Å². The lowest BCUT2D eigenvalue weighted by molar-refractivity contribution is -0.170. The van der Waals surface area contributed by atoms with Crippen molar-refractivity contribution < 1.29 is 35.9 Å². The summed E-state index contributed by atoms with van der Waals surface area (Å²) in [6.45, 7) is 0.249. The Morgan fingerprint density at radius 2 is 2.00 bits per heavy atom. The number of benzene rings is 1. The first kappa shape index (κ1) is 24.2. The normalized spacial score (nSPS) is 19.3. The molecule has 12 heteroatoms. The molecular weight excluding hydrogens is 466 g/mol. The van der Waals surface area contributed by atoms with E-state index in [1.54, 1.807) is 0 Å². The van der Waals surface area contributed by atoms with E-state index in [9.17, 15) is 31.1 Å². The fourth-order valence-electron chi connectivity index (χ4n) is 4.01. The highest BCUT2D eigenvalue weighted by atomic mass is 19.4. The lowest BCUT2D eigenvalue weighted by atomic mass is 10.0. The fraction of sp³-hybridized carbons (Fsp3) is 0.500. The molecule has 2 fully saturated rings. The lowest BCUT2D eigenvalue weighted by Crippen LogP contribution is -2.48. The fourth-order valence-corrected chi connectivity index (χ4v) is 4.01. The zero-order valence-electron chi connectivity index (χ0n) is 17.9. The van der Waals surface area contributed by atoms with Gasteiger partial charge < -0.3 is 15.4 Å². The summed E-state index contributed by atoms with van der Waals surface area (Å²) in [5.41, 5.74) is -2.37. The minimum absolute atomic E-state index is 0.0187. The number of amides is 1. The Hall–Kier alpha value is -2.89. The molecule has 1 atom stereocenters. The number of rotatable bonds is 8. The van der Waals surface area contributed by atoms with E-state index in [0.717, 1.165) is 12.4 Å². The van der Waals surface area contributed by atoms with Gasteiger partial charge in [0.05, 0.1) is 23.8 Å². The molecule has 2 heterocycles. The monoisotopic (exact) mass is 488 g/mol. The molecule has 4 rings (SSSR count). The predicted octanol–water partition coefficient (Wildman–Crippen LogP) is 4.77. The highest BCUT2D eigenvalue weighted by Crippen LogP contribution is 2.49. The molecule has 184 valence electrons. The third-order valence-electron chi connectivity index (χ3n) is 6.01. The van der Waals surface area contributed by atoms with E-state index in [1.165, 1.54) is 12.1 Å². The zero-order chi connectivity index (χ0) is 24.5. The van der Waals surface area contributed by atoms with Crippen molar-refractivity contribution in [3.8, 4) is 0 Å². The van der Waals surface area contributed by atoms with E-state index < -0.39 is 48.0 Å². The Kier molecular flexibility index (Phi) is 6.70. The molecule has 1 aliphatic carbocycles. The van der Waals surface area contributed by atoms with Crippen LogP contribution in [-0.2, 0) is 22.5 Å². The molecule has 1 unspecified atom stereocenters. The topological polar surface area (TPSA) is 76.1 Å². The summed E-state index contributed by atoms with van der Waals surface area (Å²) < 4.78 is 85.7. The number of nitrogens with one attached hydrogen (secondary N) is 2. The predicted molar refractivity (Wildman–Crippen MR) is 109 cm³/mol. The van der Waals surface area contributed by atoms with E-state index in [4.69, 9.17) is 4.74 Å². The standard InChI is InChI=1S/C22H22F6N4O2/c23-18-12(3-1-4-13(18)19(24)25)10-29-20-17(15-5-2-8-34-15)14(30-11-31-20)9-16(33)32-21(6-7-21)22(26,27)28/h1,3-4,11,15,19H,2,5-10H2,(H,32,33)(H,29,30,31). The number of anilines is 1. The molecule has 2 aliphatic rings. The van der Waals surface area contributed by atoms with Crippen molar-refractivity contribution in [1.29, 1.82) is 0 Å². The second kappa shape index (κ2) is 9.40. The Balaban J connectivity index is 1.56. The lowest BCUT2D eigenvalue weighted by Gasteiger charge is -2.22. The Morgan fingerprint density at radius 1 is 1.24 bits per heavy atom. The van der Waals surface area contributed by atoms with Crippen molar-refractivity contribution in [2.24, 2.45) is 0 Å². The summed E-state index contributed by atoms with van der Waals surface area (Å²) in [4.78, 5) is 20.7. The maximum absolute atomic E-state index is 14.4. The van der Waals surface area contributed by atoms with E-state index in [-0.39, 0.29) is 36.5 Å². The van der Waals surface area contributed by atoms with Crippen LogP contribution < -0.4 is 10.6 Å². The maximum Gasteiger partial charge on any atom is 0.411 e. The third kappa shape index (κ3) is 4.96. The number of hydrogen-bond acceptors (Lipinski definition) is 5. The third-order valence-corrected chi connectivity index (χ3v) is 6.01. The van der Waals surface area contributed by atoms with Crippen molar-refractivity contribution in [3.05, 3.63) is 52.7 Å². The summed E-state index contributed by atoms with van der Waals surface area (Å²) in [6.07, 6.45) is -6.41. The summed E-state index contributed by atoms with van der Waals surface area (Å²) in [5, 5.41) is 4.95. The number of hydrogen-bond donors (Lipinski definition) is 2. The Morgan fingerprint density at radius 3 is 2.62 bits per heavy atom. The molecule has 1 aliphatic heterocycles. The second-order valence-electron chi connectivity index (χ2n) is 8.36. The highest BCUT2D eigenvalue weighted by molar-refractivity contribution is 5.80. The van der Waals surface area contributed by atoms with Gasteiger partial charge in [0.1, 0.15) is 23.5 Å². The smallest absolute Gasteiger partial charge is 0.373 e. The Bertz CT molecular complexity index is 1050. The number of alkyl halides is 5. The summed E-state index contributed by atoms with van der Waals surface area (Å²) in [7, 11) is 0. The summed E-state index contributed by atoms with van der Waals surface area (Å²) in [6, 6.07) is 3.66. The van der Waals surface area contributed by atoms with E-state index in [0.29, 0.717) is 25.0 Å². The Labute approximate surface area is 191 Å². The SMILES string of the molecule is O=C(Cc1ncnc(NCc2cccc(C(F)F)c2F)c1C1CCCO1)NC1(C(F)(F)F)CC1. The van der Waals surface area contributed by atoms with Crippen LogP contribution in [0.25, 0.3) is 0 Å². The molecule has 0 radical (unpaired) electrons. The van der Waals surface area contributed by atoms with Gasteiger partial charge in [0, 0.05) is 24.3 Å². The van der Waals surface area contributed by atoms with Gasteiger partial charge in [0.15, 0.2) is 0 Å². The van der Waals surface area contributed by atoms with Gasteiger partial charge in [-0.1, -0.05) is 18.2 Å². The van der Waals surface area contributed by atoms with Gasteiger partial charge in [0.25, 0.3) is 6.43 Å². The van der Waals surface area contributed by atoms with Crippen LogP contribution in [-0.4, -0.2) is 34.2 Å². The first-order valence-corrected chi connectivity index (χ1v) is 10.7. The molecule has 1 amide bonds. The number of aromatic nitrogens is 2. The first-order chi connectivity index (χ1) is 16.1. The summed E-state index contributed by atoms with van der Waals surface area (Å²) in [5.74, 6) is -1.68. The average Bonchev–Trinajstić information content (AvgIpc) is 3.36. The molecule has 2 N–H and O–H groups in total. The van der Waals surface area contributed by atoms with Crippen LogP contribution in [0.15, 0.2) is 24.5 Å². The van der Waals surface area contributed by atoms with Gasteiger partial charge in [0.2, 0.25) is 5.91 Å². The molecule has 0 spiro atoms. The van der Waals surface area contributed by atoms with Crippen molar-refractivity contribution in [3.63, 3.8) is 0 Å². The first-order valence-electron chi connectivity index (χ1n) is 10.7. The van der Waals surface area contributed by atoms with Crippen LogP contribution in [0.5, 0.6) is 0 Å². The number of ether oxygens (including phenoxy) is 1. The largest absolute Gasteiger partial charge is 0.411 e. The second-order valence-corrected chi connectivity index (χ2v) is 8.36. The van der Waals surface area contributed by atoms with Crippen molar-refractivity contribution in [2.75, 3.05) is 11.9 Å². The molecule has 34 heavy (non-hydrogen) atoms. The van der Waals surface area contributed by atoms with Gasteiger partial charge in [-0.2, -0.15) is 13.2 Å². The molecule has 1 saturated heterocycles. The molecule has 0 bridgehead atoms. The molecule has 1 aromatic heterocycles. The number of halogens is 6. The van der Waals surface area contributed by atoms with Gasteiger partial charge in [-0.15, -0.1) is 0 Å². The van der Waals surface area contributed by atoms with E-state index >= 15 is 0 Å². The van der Waals surface area contributed by atoms with E-state index in [2.05, 4.69) is 20.6 Å². The molecule has 1 saturated carbocycles. The van der Waals surface area contributed by atoms with Crippen LogP contribution in [0.1, 0.15) is 60.6 Å². The van der Waals surface area contributed by atoms with Crippen LogP contribution >= 0.6 is 0 Å². The van der Waals surface area contributed by atoms with Crippen LogP contribution in [0.3, 0.4) is 0 Å². The molecule has 1 aromatic carbocycles. The van der Waals surface area contributed by atoms with E-state index in [1.807, 2.05) is 0 Å². The van der Waals surface area contributed by atoms with Gasteiger partial charge >= 0.3 is 6.18 Å². The van der Waals surface area contributed by atoms with Crippen molar-refractivity contribution in [1.82, 2.24) is 15.3 Å². The minimum Gasteiger partial charge on any atom is -0.373 e. The van der Waals surface area contributed by atoms with Crippen LogP contribution in [0.4, 0.5) is 32.2 Å². The molecular formula is C22H22F6N4O2. The van der Waals surface area contributed by atoms with Crippen LogP contribution in [0, 0.1) is 5.82 Å². The van der Waals surface area contributed by atoms with Crippen LogP contribution in [0.2, 0.25) is 0 Å². The van der Waals surface area contributed by atoms with Gasteiger partial charge in [-0.25, -0.2) is 23.1 Å². The van der Waals surface area contributed by atoms with Crippen molar-refractivity contribution in [2.45, 2.75) is 62.9 Å². The number of carbonyl (C=O) groups excluding carboxylic acids is 1. The number of nitrogens with zero attached hydrogens (tertiary/aromatic N) is 2. The number of carbonyl (C=O) groups is 1. The molecule has 2 aromatic rings. The quantitative estimate of drug-likeness (QED) is 0.524. The van der Waals surface area contributed by atoms with Gasteiger partial charge in [-0.05, 0) is 25.7 Å². The van der Waals surface area contributed by atoms with Gasteiger partial charge in [-0.3, -0.25) is 4.79 Å². The highest BCUT2D eigenvalue weighted by Gasteiger charge is 2.64. The minimum atomic E-state index is -4.55.